The first kappa shape index (κ1) is 22.8. The lowest BCUT2D eigenvalue weighted by atomic mass is 9.89. The zero-order chi connectivity index (χ0) is 23.2. The summed E-state index contributed by atoms with van der Waals surface area (Å²) < 4.78 is 0. The van der Waals surface area contributed by atoms with E-state index in [0.717, 1.165) is 36.0 Å². The number of aromatic hydroxyl groups is 1. The SMILES string of the molecule is O=C(O)C1CCCN1C(=O)C=Cc1ccc(C(=C2CCCCCC2)c2ccc(O)cc2)cc1. The molecule has 1 saturated carbocycles. The summed E-state index contributed by atoms with van der Waals surface area (Å²) in [5.74, 6) is -0.932. The van der Waals surface area contributed by atoms with Crippen molar-refractivity contribution in [3.05, 3.63) is 76.9 Å². The molecule has 2 fully saturated rings. The summed E-state index contributed by atoms with van der Waals surface area (Å²) in [5.41, 5.74) is 5.84. The quantitative estimate of drug-likeness (QED) is 0.461. The lowest BCUT2D eigenvalue weighted by molar-refractivity contribution is -0.146. The number of hydrogen-bond acceptors (Lipinski definition) is 3. The van der Waals surface area contributed by atoms with Crippen LogP contribution in [0.3, 0.4) is 0 Å². The number of phenolic OH excluding ortho intramolecular Hbond substituents is 1. The maximum atomic E-state index is 12.5. The second-order valence-electron chi connectivity index (χ2n) is 8.92. The van der Waals surface area contributed by atoms with Crippen molar-refractivity contribution in [3.63, 3.8) is 0 Å². The minimum Gasteiger partial charge on any atom is -0.508 e. The first-order valence-corrected chi connectivity index (χ1v) is 11.9. The fourth-order valence-electron chi connectivity index (χ4n) is 4.92. The number of rotatable bonds is 5. The molecule has 1 amide bonds. The fraction of sp³-hybridized carbons (Fsp3) is 0.357. The van der Waals surface area contributed by atoms with Gasteiger partial charge in [-0.2, -0.15) is 0 Å². The number of likely N-dealkylation sites (tertiary alicyclic amines) is 1. The molecule has 1 unspecified atom stereocenters. The van der Waals surface area contributed by atoms with Gasteiger partial charge in [-0.05, 0) is 79.0 Å². The van der Waals surface area contributed by atoms with Crippen molar-refractivity contribution in [2.24, 2.45) is 0 Å². The molecule has 1 aliphatic heterocycles. The maximum absolute atomic E-state index is 12.5. The topological polar surface area (TPSA) is 77.8 Å². The molecule has 1 heterocycles. The Kier molecular flexibility index (Phi) is 7.28. The molecule has 4 rings (SSSR count). The Balaban J connectivity index is 1.57. The molecule has 1 saturated heterocycles. The molecule has 0 spiro atoms. The average Bonchev–Trinajstić information content (AvgIpc) is 3.18. The van der Waals surface area contributed by atoms with Crippen LogP contribution in [0.4, 0.5) is 0 Å². The maximum Gasteiger partial charge on any atom is 0.326 e. The molecule has 1 atom stereocenters. The van der Waals surface area contributed by atoms with E-state index in [1.54, 1.807) is 18.2 Å². The number of nitrogens with zero attached hydrogens (tertiary/aromatic N) is 1. The van der Waals surface area contributed by atoms with Gasteiger partial charge in [-0.1, -0.05) is 54.8 Å². The zero-order valence-electron chi connectivity index (χ0n) is 18.9. The van der Waals surface area contributed by atoms with Crippen molar-refractivity contribution in [2.45, 2.75) is 57.4 Å². The van der Waals surface area contributed by atoms with Gasteiger partial charge in [-0.15, -0.1) is 0 Å². The van der Waals surface area contributed by atoms with E-state index in [1.807, 2.05) is 24.3 Å². The Morgan fingerprint density at radius 1 is 0.848 bits per heavy atom. The fourth-order valence-corrected chi connectivity index (χ4v) is 4.92. The van der Waals surface area contributed by atoms with Gasteiger partial charge < -0.3 is 15.1 Å². The van der Waals surface area contributed by atoms with Crippen molar-refractivity contribution in [2.75, 3.05) is 6.54 Å². The number of amides is 1. The van der Waals surface area contributed by atoms with Crippen molar-refractivity contribution >= 4 is 23.5 Å². The number of benzene rings is 2. The first-order chi connectivity index (χ1) is 16.0. The molecule has 5 heteroatoms. The van der Waals surface area contributed by atoms with Crippen LogP contribution in [0, 0.1) is 0 Å². The highest BCUT2D eigenvalue weighted by atomic mass is 16.4. The summed E-state index contributed by atoms with van der Waals surface area (Å²) in [6.07, 6.45) is 11.6. The average molecular weight is 446 g/mol. The largest absolute Gasteiger partial charge is 0.508 e. The molecule has 2 N–H and O–H groups in total. The number of hydrogen-bond donors (Lipinski definition) is 2. The van der Waals surface area contributed by atoms with Crippen LogP contribution in [0.15, 0.2) is 60.2 Å². The van der Waals surface area contributed by atoms with Crippen LogP contribution in [-0.2, 0) is 9.59 Å². The number of carbonyl (C=O) groups is 2. The lowest BCUT2D eigenvalue weighted by Gasteiger charge is -2.19. The molecule has 0 aromatic heterocycles. The van der Waals surface area contributed by atoms with Gasteiger partial charge in [0.1, 0.15) is 11.8 Å². The standard InChI is InChI=1S/C28H31NO4/c30-24-16-14-23(15-17-24)27(21-6-3-1-2-4-7-21)22-12-9-20(10-13-22)11-18-26(31)29-19-5-8-25(29)28(32)33/h9-18,25,30H,1-8,19H2,(H,32,33). The van der Waals surface area contributed by atoms with Crippen molar-refractivity contribution in [1.29, 1.82) is 0 Å². The van der Waals surface area contributed by atoms with Crippen LogP contribution < -0.4 is 0 Å². The molecule has 0 bridgehead atoms. The third kappa shape index (κ3) is 5.54. The van der Waals surface area contributed by atoms with Gasteiger partial charge in [0.15, 0.2) is 0 Å². The molecule has 0 radical (unpaired) electrons. The highest BCUT2D eigenvalue weighted by Gasteiger charge is 2.32. The van der Waals surface area contributed by atoms with E-state index in [9.17, 15) is 19.8 Å². The van der Waals surface area contributed by atoms with Gasteiger partial charge in [0, 0.05) is 12.6 Å². The summed E-state index contributed by atoms with van der Waals surface area (Å²) in [7, 11) is 0. The van der Waals surface area contributed by atoms with E-state index in [2.05, 4.69) is 12.1 Å². The molecule has 33 heavy (non-hydrogen) atoms. The first-order valence-electron chi connectivity index (χ1n) is 11.9. The van der Waals surface area contributed by atoms with Crippen LogP contribution in [0.5, 0.6) is 5.75 Å². The van der Waals surface area contributed by atoms with E-state index in [4.69, 9.17) is 0 Å². The second kappa shape index (κ2) is 10.5. The van der Waals surface area contributed by atoms with Crippen LogP contribution in [0.1, 0.15) is 68.1 Å². The molecule has 5 nitrogen and oxygen atoms in total. The number of carbonyl (C=O) groups excluding carboxylic acids is 1. The number of carboxylic acid groups (broad SMARTS) is 1. The van der Waals surface area contributed by atoms with E-state index >= 15 is 0 Å². The van der Waals surface area contributed by atoms with Gasteiger partial charge in [0.2, 0.25) is 5.91 Å². The van der Waals surface area contributed by atoms with Gasteiger partial charge in [-0.3, -0.25) is 4.79 Å². The molecular formula is C28H31NO4. The molecule has 2 aromatic carbocycles. The van der Waals surface area contributed by atoms with Crippen LogP contribution in [-0.4, -0.2) is 39.6 Å². The predicted octanol–water partition coefficient (Wildman–Crippen LogP) is 5.64. The highest BCUT2D eigenvalue weighted by molar-refractivity contribution is 5.95. The third-order valence-electron chi connectivity index (χ3n) is 6.66. The lowest BCUT2D eigenvalue weighted by Crippen LogP contribution is -2.39. The Hall–Kier alpha value is -3.34. The molecule has 2 aromatic rings. The molecular weight excluding hydrogens is 414 g/mol. The Labute approximate surface area is 195 Å². The minimum absolute atomic E-state index is 0.255. The van der Waals surface area contributed by atoms with Gasteiger partial charge in [-0.25, -0.2) is 4.79 Å². The Morgan fingerprint density at radius 3 is 2.06 bits per heavy atom. The van der Waals surface area contributed by atoms with Gasteiger partial charge in [0.25, 0.3) is 0 Å². The number of allylic oxidation sites excluding steroid dienone is 1. The second-order valence-corrected chi connectivity index (χ2v) is 8.92. The van der Waals surface area contributed by atoms with Crippen molar-refractivity contribution < 1.29 is 19.8 Å². The van der Waals surface area contributed by atoms with E-state index in [1.165, 1.54) is 47.8 Å². The van der Waals surface area contributed by atoms with Crippen LogP contribution in [0.2, 0.25) is 0 Å². The van der Waals surface area contributed by atoms with Crippen LogP contribution >= 0.6 is 0 Å². The summed E-state index contributed by atoms with van der Waals surface area (Å²) in [4.78, 5) is 25.3. The zero-order valence-corrected chi connectivity index (χ0v) is 18.9. The van der Waals surface area contributed by atoms with E-state index < -0.39 is 12.0 Å². The van der Waals surface area contributed by atoms with Gasteiger partial charge in [0.05, 0.1) is 0 Å². The smallest absolute Gasteiger partial charge is 0.326 e. The Bertz CT molecular complexity index is 1040. The number of phenols is 1. The van der Waals surface area contributed by atoms with E-state index in [0.29, 0.717) is 13.0 Å². The van der Waals surface area contributed by atoms with E-state index in [-0.39, 0.29) is 11.7 Å². The summed E-state index contributed by atoms with van der Waals surface area (Å²) >= 11 is 0. The number of carboxylic acids is 1. The van der Waals surface area contributed by atoms with Crippen molar-refractivity contribution in [3.8, 4) is 5.75 Å². The summed E-state index contributed by atoms with van der Waals surface area (Å²) in [5, 5.41) is 19.0. The third-order valence-corrected chi connectivity index (χ3v) is 6.66. The summed E-state index contributed by atoms with van der Waals surface area (Å²) in [6, 6.07) is 14.9. The normalized spacial score (nSPS) is 19.0. The molecule has 172 valence electrons. The predicted molar refractivity (Wildman–Crippen MR) is 130 cm³/mol. The highest BCUT2D eigenvalue weighted by Crippen LogP contribution is 2.35. The monoisotopic (exact) mass is 445 g/mol. The van der Waals surface area contributed by atoms with Crippen molar-refractivity contribution in [1.82, 2.24) is 4.90 Å². The van der Waals surface area contributed by atoms with Gasteiger partial charge >= 0.3 is 5.97 Å². The van der Waals surface area contributed by atoms with Crippen LogP contribution in [0.25, 0.3) is 11.6 Å². The molecule has 1 aliphatic carbocycles. The molecule has 2 aliphatic rings. The summed E-state index contributed by atoms with van der Waals surface area (Å²) in [6.45, 7) is 0.489. The Morgan fingerprint density at radius 2 is 1.45 bits per heavy atom. The number of aliphatic carboxylic acids is 1. The minimum atomic E-state index is -0.938.